The second-order valence-electron chi connectivity index (χ2n) is 6.56. The number of methoxy groups -OCH3 is 1. The predicted octanol–water partition coefficient (Wildman–Crippen LogP) is -0.327. The minimum absolute atomic E-state index is 0.0960. The molecule has 1 saturated heterocycles. The number of likely N-dealkylation sites (tertiary alicyclic amines) is 1. The second-order valence-corrected chi connectivity index (χ2v) is 6.56. The van der Waals surface area contributed by atoms with Gasteiger partial charge in [-0.05, 0) is 6.07 Å². The summed E-state index contributed by atoms with van der Waals surface area (Å²) in [5.74, 6) is -1.09. The van der Waals surface area contributed by atoms with Crippen molar-refractivity contribution in [2.45, 2.75) is 12.8 Å². The number of rotatable bonds is 5. The number of esters is 1. The maximum Gasteiger partial charge on any atom is 0.356 e. The second kappa shape index (κ2) is 7.57. The maximum absolute atomic E-state index is 12.5. The fourth-order valence-corrected chi connectivity index (χ4v) is 3.42. The van der Waals surface area contributed by atoms with E-state index in [4.69, 9.17) is 10.5 Å². The molecule has 8 heteroatoms. The Kier molecular flexibility index (Phi) is 5.22. The summed E-state index contributed by atoms with van der Waals surface area (Å²) in [6.45, 7) is 1.71. The number of carbonyl (C=O) groups excluding carboxylic acids is 3. The summed E-state index contributed by atoms with van der Waals surface area (Å²) in [6.07, 6.45) is 1.39. The molecule has 1 aromatic carbocycles. The number of nitrogens with two attached hydrogens (primary N) is 1. The van der Waals surface area contributed by atoms with E-state index in [1.807, 2.05) is 24.3 Å². The third-order valence-corrected chi connectivity index (χ3v) is 4.87. The van der Waals surface area contributed by atoms with Crippen LogP contribution in [-0.2, 0) is 14.3 Å². The lowest BCUT2D eigenvalue weighted by atomic mass is 9.96. The van der Waals surface area contributed by atoms with Crippen LogP contribution in [-0.4, -0.2) is 49.5 Å². The molecule has 8 nitrogen and oxygen atoms in total. The third-order valence-electron chi connectivity index (χ3n) is 4.87. The average Bonchev–Trinajstić information content (AvgIpc) is 3.00. The smallest absolute Gasteiger partial charge is 0.356 e. The van der Waals surface area contributed by atoms with Crippen molar-refractivity contribution >= 4 is 34.4 Å². The highest BCUT2D eigenvalue weighted by Crippen LogP contribution is 2.28. The van der Waals surface area contributed by atoms with Crippen LogP contribution in [0, 0.1) is 5.92 Å². The van der Waals surface area contributed by atoms with Crippen LogP contribution in [0.15, 0.2) is 24.3 Å². The number of hydrogen-bond donors (Lipinski definition) is 4. The quantitative estimate of drug-likeness (QED) is 0.547. The first-order chi connectivity index (χ1) is 12.5. The first-order valence-electron chi connectivity index (χ1n) is 8.61. The van der Waals surface area contributed by atoms with E-state index in [1.165, 1.54) is 7.11 Å². The number of piperidine rings is 1. The number of amides is 2. The van der Waals surface area contributed by atoms with Crippen LogP contribution < -0.4 is 16.0 Å². The van der Waals surface area contributed by atoms with Gasteiger partial charge in [0, 0.05) is 29.7 Å². The van der Waals surface area contributed by atoms with E-state index in [0.717, 1.165) is 28.9 Å². The van der Waals surface area contributed by atoms with E-state index in [0.29, 0.717) is 18.5 Å². The first-order valence-corrected chi connectivity index (χ1v) is 8.61. The first kappa shape index (κ1) is 17.9. The van der Waals surface area contributed by atoms with Gasteiger partial charge in [-0.3, -0.25) is 9.59 Å². The Hall–Kier alpha value is -2.87. The zero-order valence-electron chi connectivity index (χ0n) is 14.6. The predicted molar refractivity (Wildman–Crippen MR) is 95.8 cm³/mol. The van der Waals surface area contributed by atoms with Gasteiger partial charge in [-0.25, -0.2) is 4.79 Å². The van der Waals surface area contributed by atoms with Crippen molar-refractivity contribution in [2.24, 2.45) is 11.7 Å². The number of anilines is 1. The van der Waals surface area contributed by atoms with Crippen molar-refractivity contribution < 1.29 is 24.0 Å². The molecule has 0 spiro atoms. The van der Waals surface area contributed by atoms with Crippen molar-refractivity contribution in [1.82, 2.24) is 4.98 Å². The van der Waals surface area contributed by atoms with Gasteiger partial charge in [-0.15, -0.1) is 0 Å². The topological polar surface area (TPSA) is 119 Å². The molecule has 26 heavy (non-hydrogen) atoms. The summed E-state index contributed by atoms with van der Waals surface area (Å²) >= 11 is 0. The highest BCUT2D eigenvalue weighted by Gasteiger charge is 2.28. The zero-order chi connectivity index (χ0) is 18.7. The van der Waals surface area contributed by atoms with Crippen LogP contribution in [0.1, 0.15) is 23.3 Å². The van der Waals surface area contributed by atoms with Crippen LogP contribution in [0.2, 0.25) is 0 Å². The van der Waals surface area contributed by atoms with E-state index in [9.17, 15) is 14.4 Å². The summed E-state index contributed by atoms with van der Waals surface area (Å²) < 4.78 is 4.80. The molecule has 1 fully saturated rings. The van der Waals surface area contributed by atoms with Gasteiger partial charge < -0.3 is 25.7 Å². The monoisotopic (exact) mass is 359 g/mol. The van der Waals surface area contributed by atoms with Gasteiger partial charge >= 0.3 is 5.97 Å². The summed E-state index contributed by atoms with van der Waals surface area (Å²) in [6, 6.07) is 7.35. The third kappa shape index (κ3) is 3.70. The molecule has 0 atom stereocenters. The minimum Gasteiger partial charge on any atom is -0.464 e. The molecule has 2 amide bonds. The number of para-hydroxylation sites is 1. The molecule has 0 saturated carbocycles. The van der Waals surface area contributed by atoms with E-state index in [1.54, 1.807) is 0 Å². The van der Waals surface area contributed by atoms with Crippen LogP contribution in [0.3, 0.4) is 0 Å². The molecule has 3 rings (SSSR count). The molecule has 5 N–H and O–H groups in total. The Morgan fingerprint density at radius 2 is 1.96 bits per heavy atom. The number of quaternary nitrogens is 1. The number of primary amides is 1. The minimum atomic E-state index is -0.536. The van der Waals surface area contributed by atoms with E-state index < -0.39 is 5.97 Å². The summed E-state index contributed by atoms with van der Waals surface area (Å²) in [5.41, 5.74) is 6.75. The molecule has 0 bridgehead atoms. The fourth-order valence-electron chi connectivity index (χ4n) is 3.42. The molecule has 2 heterocycles. The standard InChI is InChI=1S/C18H22N4O4/c1-26-18(25)16-15(12-4-2-3-5-13(12)20-16)21-14(23)10-22-8-6-11(7-9-22)17(19)24/h2-5,11,20H,6-10H2,1H3,(H2,19,24)(H,21,23)/p+1. The number of nitrogens with one attached hydrogen (secondary N) is 3. The zero-order valence-corrected chi connectivity index (χ0v) is 14.6. The molecule has 0 radical (unpaired) electrons. The van der Waals surface area contributed by atoms with E-state index in [2.05, 4.69) is 10.3 Å². The van der Waals surface area contributed by atoms with Crippen molar-refractivity contribution in [1.29, 1.82) is 0 Å². The highest BCUT2D eigenvalue weighted by molar-refractivity contribution is 6.11. The lowest BCUT2D eigenvalue weighted by Crippen LogP contribution is -3.14. The van der Waals surface area contributed by atoms with Crippen LogP contribution in [0.4, 0.5) is 5.69 Å². The van der Waals surface area contributed by atoms with Crippen LogP contribution in [0.5, 0.6) is 0 Å². The summed E-state index contributed by atoms with van der Waals surface area (Å²) in [5, 5.41) is 3.60. The van der Waals surface area contributed by atoms with E-state index in [-0.39, 0.29) is 30.0 Å². The van der Waals surface area contributed by atoms with Gasteiger partial charge in [0.2, 0.25) is 5.91 Å². The summed E-state index contributed by atoms with van der Waals surface area (Å²) in [4.78, 5) is 39.9. The lowest BCUT2D eigenvalue weighted by molar-refractivity contribution is -0.897. The molecule has 1 aliphatic heterocycles. The largest absolute Gasteiger partial charge is 0.464 e. The van der Waals surface area contributed by atoms with Crippen molar-refractivity contribution in [3.8, 4) is 0 Å². The van der Waals surface area contributed by atoms with Crippen LogP contribution in [0.25, 0.3) is 10.9 Å². The molecule has 0 unspecified atom stereocenters. The Labute approximate surface area is 150 Å². The number of carbonyl (C=O) groups is 3. The summed E-state index contributed by atoms with van der Waals surface area (Å²) in [7, 11) is 1.30. The van der Waals surface area contributed by atoms with Gasteiger partial charge in [0.05, 0.1) is 25.9 Å². The van der Waals surface area contributed by atoms with Crippen molar-refractivity contribution in [2.75, 3.05) is 32.1 Å². The van der Waals surface area contributed by atoms with Gasteiger partial charge in [0.25, 0.3) is 5.91 Å². The number of aromatic amines is 1. The number of fused-ring (bicyclic) bond motifs is 1. The molecule has 1 aliphatic rings. The fraction of sp³-hybridized carbons (Fsp3) is 0.389. The number of hydrogen-bond acceptors (Lipinski definition) is 4. The Morgan fingerprint density at radius 1 is 1.27 bits per heavy atom. The lowest BCUT2D eigenvalue weighted by Gasteiger charge is -2.27. The maximum atomic E-state index is 12.5. The Bertz CT molecular complexity index is 837. The molecular formula is C18H23N4O4+. The number of H-pyrrole nitrogens is 1. The Balaban J connectivity index is 1.71. The van der Waals surface area contributed by atoms with Gasteiger partial charge in [0.15, 0.2) is 6.54 Å². The van der Waals surface area contributed by atoms with E-state index >= 15 is 0 Å². The molecular weight excluding hydrogens is 336 g/mol. The van der Waals surface area contributed by atoms with Crippen molar-refractivity contribution in [3.63, 3.8) is 0 Å². The molecule has 2 aromatic rings. The SMILES string of the molecule is COC(=O)c1[nH]c2ccccc2c1NC(=O)C[NH+]1CCC(C(N)=O)CC1. The number of aromatic nitrogens is 1. The van der Waals surface area contributed by atoms with Crippen molar-refractivity contribution in [3.05, 3.63) is 30.0 Å². The normalized spacial score (nSPS) is 19.9. The Morgan fingerprint density at radius 3 is 2.62 bits per heavy atom. The molecule has 1 aromatic heterocycles. The van der Waals surface area contributed by atoms with Gasteiger partial charge in [-0.1, -0.05) is 18.2 Å². The molecule has 0 aliphatic carbocycles. The van der Waals surface area contributed by atoms with Gasteiger partial charge in [0.1, 0.15) is 5.69 Å². The molecule has 138 valence electrons. The average molecular weight is 359 g/mol. The highest BCUT2D eigenvalue weighted by atomic mass is 16.5. The number of benzene rings is 1. The van der Waals surface area contributed by atoms with Crippen LogP contribution >= 0.6 is 0 Å². The number of ether oxygens (including phenoxy) is 1. The van der Waals surface area contributed by atoms with Gasteiger partial charge in [-0.2, -0.15) is 0 Å².